The van der Waals surface area contributed by atoms with Crippen LogP contribution < -0.4 is 15.0 Å². The number of imidazole rings is 1. The van der Waals surface area contributed by atoms with E-state index in [0.29, 0.717) is 40.9 Å². The molecule has 0 radical (unpaired) electrons. The fourth-order valence-electron chi connectivity index (χ4n) is 5.34. The van der Waals surface area contributed by atoms with Gasteiger partial charge in [0.2, 0.25) is 11.8 Å². The maximum Gasteiger partial charge on any atom is 0.331 e. The summed E-state index contributed by atoms with van der Waals surface area (Å²) in [6, 6.07) is 7.52. The molecule has 1 N–H and O–H groups in total. The lowest BCUT2D eigenvalue weighted by molar-refractivity contribution is -0.124. The second-order valence-electron chi connectivity index (χ2n) is 11.1. The minimum Gasteiger partial charge on any atom is -0.484 e. The number of ether oxygens (including phenoxy) is 1. The maximum atomic E-state index is 14.7. The van der Waals surface area contributed by atoms with E-state index in [1.807, 2.05) is 29.7 Å². The number of hydrogen-bond acceptors (Lipinski definition) is 7. The summed E-state index contributed by atoms with van der Waals surface area (Å²) >= 11 is 0. The van der Waals surface area contributed by atoms with E-state index in [1.165, 1.54) is 30.1 Å². The third kappa shape index (κ3) is 4.82. The number of rotatable bonds is 8. The summed E-state index contributed by atoms with van der Waals surface area (Å²) in [4.78, 5) is 53.7. The van der Waals surface area contributed by atoms with E-state index in [4.69, 9.17) is 4.74 Å². The molecule has 1 aromatic carbocycles. The van der Waals surface area contributed by atoms with Crippen LogP contribution in [0, 0.1) is 18.7 Å². The van der Waals surface area contributed by atoms with Gasteiger partial charge < -0.3 is 14.5 Å². The first-order valence-electron chi connectivity index (χ1n) is 13.9. The molecule has 4 heterocycles. The summed E-state index contributed by atoms with van der Waals surface area (Å²) in [5.74, 6) is -0.275. The first-order valence-corrected chi connectivity index (χ1v) is 13.9. The van der Waals surface area contributed by atoms with Crippen LogP contribution >= 0.6 is 0 Å². The van der Waals surface area contributed by atoms with Crippen LogP contribution in [0.1, 0.15) is 53.9 Å². The number of aryl methyl sites for hydroxylation is 1. The molecule has 42 heavy (non-hydrogen) atoms. The second kappa shape index (κ2) is 9.89. The molecule has 2 saturated carbocycles. The van der Waals surface area contributed by atoms with Crippen molar-refractivity contribution in [3.8, 4) is 5.75 Å². The normalized spacial score (nSPS) is 20.0. The van der Waals surface area contributed by atoms with Crippen LogP contribution in [-0.4, -0.2) is 55.7 Å². The van der Waals surface area contributed by atoms with Gasteiger partial charge in [0, 0.05) is 54.9 Å². The molecule has 3 aromatic heterocycles. The number of hydrogen-bond donors (Lipinski definition) is 1. The minimum atomic E-state index is -0.574. The van der Waals surface area contributed by atoms with Crippen molar-refractivity contribution in [3.63, 3.8) is 0 Å². The van der Waals surface area contributed by atoms with Crippen molar-refractivity contribution >= 4 is 34.9 Å². The first-order chi connectivity index (χ1) is 20.2. The van der Waals surface area contributed by atoms with Gasteiger partial charge >= 0.3 is 6.03 Å². The number of nitrogens with zero attached hydrogens (tertiary/aromatic N) is 6. The molecule has 3 aliphatic rings. The number of fused-ring (bicyclic) bond motifs is 1. The number of halogens is 1. The fraction of sp³-hybridized carbons (Fsp3) is 0.333. The van der Waals surface area contributed by atoms with Crippen molar-refractivity contribution in [2.45, 2.75) is 44.6 Å². The smallest absolute Gasteiger partial charge is 0.331 e. The van der Waals surface area contributed by atoms with Gasteiger partial charge in [0.05, 0.1) is 11.4 Å². The Kier molecular flexibility index (Phi) is 6.14. The van der Waals surface area contributed by atoms with E-state index in [1.54, 1.807) is 12.4 Å². The van der Waals surface area contributed by atoms with Crippen molar-refractivity contribution < 1.29 is 23.5 Å². The van der Waals surface area contributed by atoms with Gasteiger partial charge in [-0.3, -0.25) is 19.4 Å². The molecule has 0 bridgehead atoms. The maximum absolute atomic E-state index is 14.7. The lowest BCUT2D eigenvalue weighted by Crippen LogP contribution is -2.30. The lowest BCUT2D eigenvalue weighted by Gasteiger charge is -2.17. The van der Waals surface area contributed by atoms with Crippen LogP contribution in [0.5, 0.6) is 5.75 Å². The first kappa shape index (κ1) is 26.1. The molecule has 11 nitrogen and oxygen atoms in total. The predicted octanol–water partition coefficient (Wildman–Crippen LogP) is 4.17. The number of imide groups is 1. The van der Waals surface area contributed by atoms with Crippen LogP contribution in [0.3, 0.4) is 0 Å². The highest BCUT2D eigenvalue weighted by molar-refractivity contribution is 6.13. The molecule has 2 unspecified atom stereocenters. The molecule has 1 aliphatic heterocycles. The number of benzene rings is 1. The fourth-order valence-corrected chi connectivity index (χ4v) is 5.34. The van der Waals surface area contributed by atoms with Crippen molar-refractivity contribution in [2.24, 2.45) is 5.92 Å². The van der Waals surface area contributed by atoms with E-state index < -0.39 is 11.8 Å². The lowest BCUT2D eigenvalue weighted by atomic mass is 10.1. The molecular weight excluding hydrogens is 541 g/mol. The topological polar surface area (TPSA) is 122 Å². The summed E-state index contributed by atoms with van der Waals surface area (Å²) in [6.07, 6.45) is 8.23. The van der Waals surface area contributed by atoms with Crippen LogP contribution in [0.2, 0.25) is 0 Å². The van der Waals surface area contributed by atoms with Gasteiger partial charge in [-0.2, -0.15) is 0 Å². The number of carbonyl (C=O) groups is 3. The Morgan fingerprint density at radius 2 is 1.98 bits per heavy atom. The van der Waals surface area contributed by atoms with Crippen LogP contribution in [0.15, 0.2) is 48.9 Å². The van der Waals surface area contributed by atoms with Gasteiger partial charge in [-0.25, -0.2) is 24.1 Å². The van der Waals surface area contributed by atoms with Crippen molar-refractivity contribution in [1.82, 2.24) is 24.3 Å². The molecule has 0 spiro atoms. The van der Waals surface area contributed by atoms with Crippen molar-refractivity contribution in [1.29, 1.82) is 0 Å². The number of anilines is 2. The van der Waals surface area contributed by atoms with E-state index in [2.05, 4.69) is 20.3 Å². The van der Waals surface area contributed by atoms with Gasteiger partial charge in [-0.05, 0) is 61.9 Å². The third-order valence-corrected chi connectivity index (χ3v) is 7.97. The molecule has 4 aromatic rings. The summed E-state index contributed by atoms with van der Waals surface area (Å²) in [7, 11) is 1.46. The molecule has 4 amide bonds. The molecular formula is C30H28FN7O4. The van der Waals surface area contributed by atoms with E-state index in [-0.39, 0.29) is 42.6 Å². The number of carbonyl (C=O) groups excluding carboxylic acids is 3. The average molecular weight is 570 g/mol. The number of amides is 4. The van der Waals surface area contributed by atoms with Crippen LogP contribution in [-0.2, 0) is 16.2 Å². The van der Waals surface area contributed by atoms with E-state index in [9.17, 15) is 18.8 Å². The van der Waals surface area contributed by atoms with Gasteiger partial charge in [-0.1, -0.05) is 0 Å². The Bertz CT molecular complexity index is 1770. The highest BCUT2D eigenvalue weighted by Crippen LogP contribution is 2.46. The molecule has 1 saturated heterocycles. The van der Waals surface area contributed by atoms with Gasteiger partial charge in [0.1, 0.15) is 19.0 Å². The Labute approximate surface area is 240 Å². The molecule has 7 rings (SSSR count). The van der Waals surface area contributed by atoms with Crippen molar-refractivity contribution in [3.05, 3.63) is 77.5 Å². The zero-order valence-corrected chi connectivity index (χ0v) is 23.1. The number of aromatic nitrogens is 4. The Balaban J connectivity index is 1.07. The predicted molar refractivity (Wildman–Crippen MR) is 150 cm³/mol. The standard InChI is InChI=1S/C30H28FN7O4/c1-16-7-8-32-27(33-16)21-11-22(21)29(40)35-19-5-6-23(31)25(10-19)42-15-20-13-37-12-18(17-3-4-17)9-24(28(37)34-20)38-14-26(39)36(2)30(38)41/h5-10,12-13,17,21-22H,3-4,11,14-15H2,1-2H3,(H,35,40). The monoisotopic (exact) mass is 569 g/mol. The molecule has 12 heteroatoms. The largest absolute Gasteiger partial charge is 0.484 e. The molecule has 2 atom stereocenters. The van der Waals surface area contributed by atoms with Gasteiger partial charge in [0.25, 0.3) is 0 Å². The third-order valence-electron chi connectivity index (χ3n) is 7.97. The Morgan fingerprint density at radius 1 is 1.14 bits per heavy atom. The summed E-state index contributed by atoms with van der Waals surface area (Å²) in [5.41, 5.74) is 3.91. The van der Waals surface area contributed by atoms with Gasteiger partial charge in [-0.15, -0.1) is 0 Å². The van der Waals surface area contributed by atoms with Crippen LogP contribution in [0.4, 0.5) is 20.6 Å². The number of pyridine rings is 1. The molecule has 3 fully saturated rings. The zero-order chi connectivity index (χ0) is 29.1. The number of nitrogens with one attached hydrogen (secondary N) is 1. The van der Waals surface area contributed by atoms with Gasteiger partial charge in [0.15, 0.2) is 17.2 Å². The second-order valence-corrected chi connectivity index (χ2v) is 11.1. The SMILES string of the molecule is Cc1ccnc(C2CC2C(=O)Nc2ccc(F)c(OCc3cn4cc(C5CC5)cc(N5CC(=O)N(C)C5=O)c4n3)c2)n1. The molecule has 214 valence electrons. The highest BCUT2D eigenvalue weighted by atomic mass is 19.1. The van der Waals surface area contributed by atoms with E-state index in [0.717, 1.165) is 29.0 Å². The minimum absolute atomic E-state index is 0.0277. The molecule has 2 aliphatic carbocycles. The Hall–Kier alpha value is -4.87. The summed E-state index contributed by atoms with van der Waals surface area (Å²) in [6.45, 7) is 1.78. The number of urea groups is 1. The Morgan fingerprint density at radius 3 is 2.71 bits per heavy atom. The quantitative estimate of drug-likeness (QED) is 0.316. The van der Waals surface area contributed by atoms with E-state index >= 15 is 0 Å². The number of likely N-dealkylation sites (N-methyl/N-ethyl adjacent to an activating group) is 1. The highest BCUT2D eigenvalue weighted by Gasteiger charge is 2.46. The van der Waals surface area contributed by atoms with Crippen LogP contribution in [0.25, 0.3) is 5.65 Å². The van der Waals surface area contributed by atoms with Crippen molar-refractivity contribution in [2.75, 3.05) is 23.8 Å². The average Bonchev–Trinajstić information content (AvgIpc) is 3.90. The summed E-state index contributed by atoms with van der Waals surface area (Å²) < 4.78 is 22.3. The zero-order valence-electron chi connectivity index (χ0n) is 23.1. The summed E-state index contributed by atoms with van der Waals surface area (Å²) in [5, 5.41) is 2.85.